The van der Waals surface area contributed by atoms with E-state index in [1.807, 2.05) is 0 Å². The van der Waals surface area contributed by atoms with E-state index in [4.69, 9.17) is 4.74 Å². The Morgan fingerprint density at radius 1 is 0.738 bits per heavy atom. The number of rotatable bonds is 11. The topological polar surface area (TPSA) is 140 Å². The summed E-state index contributed by atoms with van der Waals surface area (Å²) < 4.78 is 45.8. The number of carboxylic acids is 2. The number of para-hydroxylation sites is 1. The Labute approximate surface area is 238 Å². The van der Waals surface area contributed by atoms with E-state index in [2.05, 4.69) is 16.0 Å². The number of anilines is 4. The second kappa shape index (κ2) is 12.5. The van der Waals surface area contributed by atoms with E-state index in [-0.39, 0.29) is 46.2 Å². The fraction of sp³-hybridized carbons (Fsp3) is 0.133. The monoisotopic (exact) mass is 581 g/mol. The van der Waals surface area contributed by atoms with Crippen molar-refractivity contribution >= 4 is 34.7 Å². The van der Waals surface area contributed by atoms with Gasteiger partial charge < -0.3 is 36.0 Å². The maximum atomic E-state index is 13.6. The molecule has 4 aromatic carbocycles. The first-order valence-corrected chi connectivity index (χ1v) is 12.5. The molecule has 42 heavy (non-hydrogen) atoms. The number of aromatic hydroxyl groups is 1. The summed E-state index contributed by atoms with van der Waals surface area (Å²) >= 11 is 0. The lowest BCUT2D eigenvalue weighted by molar-refractivity contribution is -0.137. The molecule has 0 saturated carbocycles. The third-order valence-corrected chi connectivity index (χ3v) is 6.26. The smallest absolute Gasteiger partial charge is 0.416 e. The molecular formula is C30H26F3N3O6. The molecule has 0 bridgehead atoms. The molecule has 0 heterocycles. The summed E-state index contributed by atoms with van der Waals surface area (Å²) in [6.45, 7) is 0.655. The number of halogens is 3. The molecule has 12 heteroatoms. The van der Waals surface area contributed by atoms with Gasteiger partial charge in [-0.05, 0) is 65.7 Å². The molecule has 0 aliphatic carbocycles. The van der Waals surface area contributed by atoms with Crippen LogP contribution in [0.15, 0.2) is 78.9 Å². The Balaban J connectivity index is 1.60. The number of hydrogen-bond acceptors (Lipinski definition) is 7. The third-order valence-electron chi connectivity index (χ3n) is 6.26. The number of methoxy groups -OCH3 is 1. The van der Waals surface area contributed by atoms with Gasteiger partial charge in [0.15, 0.2) is 11.5 Å². The molecule has 0 aromatic heterocycles. The number of carboxylic acid groups (broad SMARTS) is 2. The van der Waals surface area contributed by atoms with E-state index in [9.17, 15) is 38.1 Å². The van der Waals surface area contributed by atoms with Crippen LogP contribution in [0.3, 0.4) is 0 Å². The van der Waals surface area contributed by atoms with Gasteiger partial charge in [-0.1, -0.05) is 24.3 Å². The molecule has 0 spiro atoms. The van der Waals surface area contributed by atoms with Crippen LogP contribution in [0.4, 0.5) is 35.9 Å². The van der Waals surface area contributed by atoms with Gasteiger partial charge in [-0.3, -0.25) is 0 Å². The van der Waals surface area contributed by atoms with Gasteiger partial charge in [-0.25, -0.2) is 9.59 Å². The van der Waals surface area contributed by atoms with E-state index in [1.165, 1.54) is 43.5 Å². The lowest BCUT2D eigenvalue weighted by atomic mass is 10.1. The van der Waals surface area contributed by atoms with Gasteiger partial charge in [-0.15, -0.1) is 0 Å². The highest BCUT2D eigenvalue weighted by molar-refractivity contribution is 5.98. The highest BCUT2D eigenvalue weighted by atomic mass is 19.4. The highest BCUT2D eigenvalue weighted by Crippen LogP contribution is 2.37. The zero-order valence-electron chi connectivity index (χ0n) is 22.1. The number of aromatic carboxylic acids is 2. The number of phenols is 1. The van der Waals surface area contributed by atoms with Gasteiger partial charge in [0.2, 0.25) is 0 Å². The summed E-state index contributed by atoms with van der Waals surface area (Å²) in [5, 5.41) is 37.9. The van der Waals surface area contributed by atoms with Crippen molar-refractivity contribution in [3.63, 3.8) is 0 Å². The van der Waals surface area contributed by atoms with Gasteiger partial charge in [0.05, 0.1) is 46.5 Å². The summed E-state index contributed by atoms with van der Waals surface area (Å²) in [7, 11) is 1.43. The number of ether oxygens (including phenoxy) is 1. The largest absolute Gasteiger partial charge is 0.504 e. The minimum absolute atomic E-state index is 0.000612. The fourth-order valence-corrected chi connectivity index (χ4v) is 4.17. The highest BCUT2D eigenvalue weighted by Gasteiger charge is 2.31. The van der Waals surface area contributed by atoms with Crippen molar-refractivity contribution in [3.8, 4) is 11.5 Å². The number of hydrogen-bond donors (Lipinski definition) is 6. The van der Waals surface area contributed by atoms with Crippen LogP contribution in [-0.2, 0) is 19.3 Å². The van der Waals surface area contributed by atoms with Gasteiger partial charge in [0, 0.05) is 13.1 Å². The normalized spacial score (nSPS) is 11.1. The summed E-state index contributed by atoms with van der Waals surface area (Å²) in [6.07, 6.45) is -4.68. The van der Waals surface area contributed by atoms with Crippen LogP contribution >= 0.6 is 0 Å². The van der Waals surface area contributed by atoms with Crippen molar-refractivity contribution in [2.75, 3.05) is 17.7 Å². The number of benzene rings is 4. The van der Waals surface area contributed by atoms with Crippen LogP contribution in [0, 0.1) is 0 Å². The second-order valence-corrected chi connectivity index (χ2v) is 9.15. The second-order valence-electron chi connectivity index (χ2n) is 9.15. The Morgan fingerprint density at radius 3 is 2.00 bits per heavy atom. The van der Waals surface area contributed by atoms with E-state index in [1.54, 1.807) is 24.3 Å². The van der Waals surface area contributed by atoms with Crippen LogP contribution in [0.25, 0.3) is 0 Å². The molecule has 0 atom stereocenters. The quantitative estimate of drug-likeness (QED) is 0.116. The van der Waals surface area contributed by atoms with Crippen molar-refractivity contribution in [3.05, 3.63) is 107 Å². The Hall–Kier alpha value is -5.23. The average molecular weight is 582 g/mol. The fourth-order valence-electron chi connectivity index (χ4n) is 4.17. The molecule has 0 unspecified atom stereocenters. The van der Waals surface area contributed by atoms with Gasteiger partial charge in [0.1, 0.15) is 0 Å². The molecule has 0 amide bonds. The lowest BCUT2D eigenvalue weighted by Gasteiger charge is -2.19. The minimum Gasteiger partial charge on any atom is -0.504 e. The van der Waals surface area contributed by atoms with Crippen LogP contribution in [0.2, 0.25) is 0 Å². The third kappa shape index (κ3) is 7.09. The average Bonchev–Trinajstić information content (AvgIpc) is 2.95. The van der Waals surface area contributed by atoms with E-state index in [0.717, 1.165) is 23.8 Å². The van der Waals surface area contributed by atoms with Crippen molar-refractivity contribution in [1.82, 2.24) is 5.32 Å². The number of phenolic OH excluding ortho intramolecular Hbond substituents is 1. The number of nitrogens with one attached hydrogen (secondary N) is 3. The van der Waals surface area contributed by atoms with Crippen LogP contribution in [0.5, 0.6) is 11.5 Å². The van der Waals surface area contributed by atoms with Crippen LogP contribution in [-0.4, -0.2) is 34.4 Å². The van der Waals surface area contributed by atoms with Crippen molar-refractivity contribution < 1.29 is 42.8 Å². The number of carbonyl (C=O) groups is 2. The standard InChI is InChI=1S/C30H26F3N3O6/c1-42-27-13-18(7-11-26(27)37)16-34-15-17-6-9-23(21(12-17)29(40)41)36-25-14-19(30(31,32)33)8-10-24(25)35-22-5-3-2-4-20(22)28(38)39/h2-14,34-37H,15-16H2,1H3,(H,38,39)(H,40,41). The first-order valence-electron chi connectivity index (χ1n) is 12.5. The first-order chi connectivity index (χ1) is 20.0. The molecule has 0 aliphatic rings. The molecule has 0 saturated heterocycles. The van der Waals surface area contributed by atoms with Crippen molar-refractivity contribution in [2.45, 2.75) is 19.3 Å². The first kappa shape index (κ1) is 29.7. The molecule has 0 radical (unpaired) electrons. The SMILES string of the molecule is COc1cc(CNCc2ccc(Nc3cc(C(F)(F)F)ccc3Nc3ccccc3C(=O)O)c(C(=O)O)c2)ccc1O. The van der Waals surface area contributed by atoms with Crippen LogP contribution in [0.1, 0.15) is 37.4 Å². The predicted molar refractivity (Wildman–Crippen MR) is 150 cm³/mol. The lowest BCUT2D eigenvalue weighted by Crippen LogP contribution is -2.14. The summed E-state index contributed by atoms with van der Waals surface area (Å²) in [5.41, 5.74) is 0.305. The molecular weight excluding hydrogens is 555 g/mol. The molecule has 0 fully saturated rings. The molecule has 9 nitrogen and oxygen atoms in total. The maximum Gasteiger partial charge on any atom is 0.416 e. The minimum atomic E-state index is -4.68. The zero-order chi connectivity index (χ0) is 30.4. The molecule has 218 valence electrons. The molecule has 4 aromatic rings. The Morgan fingerprint density at radius 2 is 1.33 bits per heavy atom. The Kier molecular flexibility index (Phi) is 8.87. The molecule has 0 aliphatic heterocycles. The van der Waals surface area contributed by atoms with Gasteiger partial charge in [0.25, 0.3) is 0 Å². The van der Waals surface area contributed by atoms with Gasteiger partial charge >= 0.3 is 18.1 Å². The van der Waals surface area contributed by atoms with E-state index >= 15 is 0 Å². The Bertz CT molecular complexity index is 1620. The van der Waals surface area contributed by atoms with Gasteiger partial charge in [-0.2, -0.15) is 13.2 Å². The summed E-state index contributed by atoms with van der Waals surface area (Å²) in [5.74, 6) is -2.23. The van der Waals surface area contributed by atoms with E-state index in [0.29, 0.717) is 17.9 Å². The number of alkyl halides is 3. The van der Waals surface area contributed by atoms with Crippen molar-refractivity contribution in [2.24, 2.45) is 0 Å². The predicted octanol–water partition coefficient (Wildman–Crippen LogP) is 6.59. The van der Waals surface area contributed by atoms with Crippen molar-refractivity contribution in [1.29, 1.82) is 0 Å². The van der Waals surface area contributed by atoms with E-state index < -0.39 is 23.7 Å². The van der Waals surface area contributed by atoms with Crippen LogP contribution < -0.4 is 20.7 Å². The molecule has 4 rings (SSSR count). The summed E-state index contributed by atoms with van der Waals surface area (Å²) in [6, 6.07) is 18.0. The zero-order valence-corrected chi connectivity index (χ0v) is 22.1. The summed E-state index contributed by atoms with van der Waals surface area (Å²) in [4.78, 5) is 23.8. The maximum absolute atomic E-state index is 13.6. The molecule has 6 N–H and O–H groups in total.